The van der Waals surface area contributed by atoms with Crippen molar-refractivity contribution in [2.75, 3.05) is 6.61 Å². The standard InChI is InChI=1S/C8H9FNO2.ClH/c1-2-12-8(11)10-5-3-4-7(9)6-10;/h3-6H,2H2,1H3;1H/q+1;/p-1. The molecule has 0 amide bonds. The van der Waals surface area contributed by atoms with Crippen LogP contribution in [0.3, 0.4) is 0 Å². The molecule has 3 nitrogen and oxygen atoms in total. The summed E-state index contributed by atoms with van der Waals surface area (Å²) in [6.45, 7) is 1.97. The number of pyridine rings is 1. The Labute approximate surface area is 81.5 Å². The number of nitrogens with zero attached hydrogens (tertiary/aromatic N) is 1. The van der Waals surface area contributed by atoms with E-state index in [2.05, 4.69) is 4.74 Å². The lowest BCUT2D eigenvalue weighted by Crippen LogP contribution is -3.00. The van der Waals surface area contributed by atoms with Crippen molar-refractivity contribution in [2.45, 2.75) is 6.92 Å². The lowest BCUT2D eigenvalue weighted by Gasteiger charge is -1.93. The molecular formula is C8H9ClFNO2. The molecule has 72 valence electrons. The maximum Gasteiger partial charge on any atom is 0.602 e. The largest absolute Gasteiger partial charge is 1.00 e. The summed E-state index contributed by atoms with van der Waals surface area (Å²) in [5.41, 5.74) is 0. The van der Waals surface area contributed by atoms with Crippen LogP contribution in [0, 0.1) is 5.82 Å². The Morgan fingerprint density at radius 2 is 2.38 bits per heavy atom. The van der Waals surface area contributed by atoms with Gasteiger partial charge in [0.1, 0.15) is 0 Å². The van der Waals surface area contributed by atoms with Crippen molar-refractivity contribution in [1.82, 2.24) is 0 Å². The van der Waals surface area contributed by atoms with E-state index in [1.165, 1.54) is 18.3 Å². The third kappa shape index (κ3) is 3.38. The van der Waals surface area contributed by atoms with Gasteiger partial charge in [-0.05, 0) is 13.0 Å². The maximum absolute atomic E-state index is 12.5. The van der Waals surface area contributed by atoms with Crippen LogP contribution in [0.2, 0.25) is 0 Å². The van der Waals surface area contributed by atoms with Gasteiger partial charge in [-0.15, -0.1) is 0 Å². The van der Waals surface area contributed by atoms with E-state index in [4.69, 9.17) is 0 Å². The Hall–Kier alpha value is -1.16. The summed E-state index contributed by atoms with van der Waals surface area (Å²) in [7, 11) is 0. The predicted octanol–water partition coefficient (Wildman–Crippen LogP) is -1.88. The van der Waals surface area contributed by atoms with Gasteiger partial charge in [0.15, 0.2) is 12.0 Å². The minimum atomic E-state index is -0.572. The van der Waals surface area contributed by atoms with Gasteiger partial charge in [0.05, 0.1) is 6.61 Å². The molecule has 0 aliphatic heterocycles. The second-order valence-electron chi connectivity index (χ2n) is 2.13. The topological polar surface area (TPSA) is 30.2 Å². The molecule has 0 spiro atoms. The molecule has 1 rings (SSSR count). The van der Waals surface area contributed by atoms with Crippen LogP contribution in [0.25, 0.3) is 0 Å². The van der Waals surface area contributed by atoms with Crippen molar-refractivity contribution < 1.29 is 30.9 Å². The zero-order chi connectivity index (χ0) is 8.97. The number of aromatic nitrogens is 1. The summed E-state index contributed by atoms with van der Waals surface area (Å²) in [5, 5.41) is 0. The van der Waals surface area contributed by atoms with E-state index in [9.17, 15) is 9.18 Å². The Morgan fingerprint density at radius 3 is 2.92 bits per heavy atom. The quantitative estimate of drug-likeness (QED) is 0.503. The number of hydrogen-bond donors (Lipinski definition) is 0. The van der Waals surface area contributed by atoms with Gasteiger partial charge in [-0.1, -0.05) is 4.57 Å². The first-order chi connectivity index (χ1) is 5.74. The van der Waals surface area contributed by atoms with Gasteiger partial charge in [-0.25, -0.2) is 4.39 Å². The van der Waals surface area contributed by atoms with E-state index < -0.39 is 11.9 Å². The molecule has 0 unspecified atom stereocenters. The molecule has 0 atom stereocenters. The van der Waals surface area contributed by atoms with Gasteiger partial charge in [-0.2, -0.15) is 4.79 Å². The van der Waals surface area contributed by atoms with Crippen LogP contribution in [-0.2, 0) is 4.74 Å². The summed E-state index contributed by atoms with van der Waals surface area (Å²) >= 11 is 0. The Morgan fingerprint density at radius 1 is 1.69 bits per heavy atom. The number of halogens is 2. The van der Waals surface area contributed by atoms with Crippen LogP contribution in [-0.4, -0.2) is 12.7 Å². The summed E-state index contributed by atoms with van der Waals surface area (Å²) < 4.78 is 18.2. The van der Waals surface area contributed by atoms with Crippen molar-refractivity contribution in [3.8, 4) is 0 Å². The molecule has 0 saturated carbocycles. The number of ether oxygens (including phenoxy) is 1. The van der Waals surface area contributed by atoms with Gasteiger partial charge in [0.25, 0.3) is 0 Å². The average Bonchev–Trinajstić information content (AvgIpc) is 2.05. The molecule has 0 radical (unpaired) electrons. The summed E-state index contributed by atoms with van der Waals surface area (Å²) in [5.74, 6) is -0.467. The van der Waals surface area contributed by atoms with Crippen molar-refractivity contribution in [2.24, 2.45) is 0 Å². The minimum absolute atomic E-state index is 0. The highest BCUT2D eigenvalue weighted by Gasteiger charge is 2.14. The Bertz CT molecular complexity index is 293. The molecular weight excluding hydrogens is 197 g/mol. The van der Waals surface area contributed by atoms with Gasteiger partial charge in [-0.3, -0.25) is 0 Å². The maximum atomic E-state index is 12.5. The van der Waals surface area contributed by atoms with Crippen LogP contribution in [0.1, 0.15) is 6.92 Å². The normalized spacial score (nSPS) is 8.77. The van der Waals surface area contributed by atoms with Crippen LogP contribution in [0.5, 0.6) is 0 Å². The molecule has 0 aromatic carbocycles. The second kappa shape index (κ2) is 5.48. The van der Waals surface area contributed by atoms with Crippen LogP contribution >= 0.6 is 0 Å². The lowest BCUT2D eigenvalue weighted by molar-refractivity contribution is -0.587. The molecule has 0 saturated heterocycles. The first-order valence-corrected chi connectivity index (χ1v) is 3.58. The highest BCUT2D eigenvalue weighted by atomic mass is 35.5. The number of carbonyl (C=O) groups excluding carboxylic acids is 1. The molecule has 0 N–H and O–H groups in total. The molecule has 1 aromatic heterocycles. The zero-order valence-electron chi connectivity index (χ0n) is 7.04. The van der Waals surface area contributed by atoms with Crippen LogP contribution < -0.4 is 17.0 Å². The van der Waals surface area contributed by atoms with E-state index in [0.29, 0.717) is 0 Å². The van der Waals surface area contributed by atoms with Crippen molar-refractivity contribution >= 4 is 6.09 Å². The lowest BCUT2D eigenvalue weighted by atomic mass is 10.5. The number of carbonyl (C=O) groups is 1. The Balaban J connectivity index is 0.00000144. The predicted molar refractivity (Wildman–Crippen MR) is 39.0 cm³/mol. The zero-order valence-corrected chi connectivity index (χ0v) is 7.79. The van der Waals surface area contributed by atoms with Gasteiger partial charge in [0, 0.05) is 6.07 Å². The van der Waals surface area contributed by atoms with Gasteiger partial charge < -0.3 is 17.1 Å². The average molecular weight is 206 g/mol. The van der Waals surface area contributed by atoms with Gasteiger partial charge in [0.2, 0.25) is 6.20 Å². The van der Waals surface area contributed by atoms with Gasteiger partial charge >= 0.3 is 6.09 Å². The van der Waals surface area contributed by atoms with E-state index in [0.717, 1.165) is 10.8 Å². The summed E-state index contributed by atoms with van der Waals surface area (Å²) in [6, 6.07) is 2.70. The molecule has 0 aliphatic carbocycles. The molecule has 0 aliphatic rings. The summed E-state index contributed by atoms with van der Waals surface area (Å²) in [4.78, 5) is 11.0. The minimum Gasteiger partial charge on any atom is -1.00 e. The van der Waals surface area contributed by atoms with E-state index >= 15 is 0 Å². The van der Waals surface area contributed by atoms with E-state index in [-0.39, 0.29) is 19.0 Å². The first kappa shape index (κ1) is 11.8. The van der Waals surface area contributed by atoms with Crippen LogP contribution in [0.15, 0.2) is 24.5 Å². The fourth-order valence-electron chi connectivity index (χ4n) is 0.758. The van der Waals surface area contributed by atoms with Crippen LogP contribution in [0.4, 0.5) is 9.18 Å². The van der Waals surface area contributed by atoms with Crippen molar-refractivity contribution in [3.63, 3.8) is 0 Å². The van der Waals surface area contributed by atoms with E-state index in [1.807, 2.05) is 0 Å². The highest BCUT2D eigenvalue weighted by molar-refractivity contribution is 5.56. The molecule has 13 heavy (non-hydrogen) atoms. The highest BCUT2D eigenvalue weighted by Crippen LogP contribution is 1.89. The fourth-order valence-corrected chi connectivity index (χ4v) is 0.758. The first-order valence-electron chi connectivity index (χ1n) is 3.58. The molecule has 0 fully saturated rings. The smallest absolute Gasteiger partial charge is 0.602 e. The third-order valence-electron chi connectivity index (χ3n) is 1.24. The van der Waals surface area contributed by atoms with E-state index in [1.54, 1.807) is 6.92 Å². The second-order valence-corrected chi connectivity index (χ2v) is 2.13. The summed E-state index contributed by atoms with van der Waals surface area (Å²) in [6.07, 6.45) is 1.93. The fraction of sp³-hybridized carbons (Fsp3) is 0.250. The molecule has 5 heteroatoms. The molecule has 1 aromatic rings. The van der Waals surface area contributed by atoms with Crippen molar-refractivity contribution in [3.05, 3.63) is 30.3 Å². The molecule has 0 bridgehead atoms. The number of rotatable bonds is 1. The Kier molecular flexibility index (Phi) is 4.99. The number of hydrogen-bond acceptors (Lipinski definition) is 2. The monoisotopic (exact) mass is 205 g/mol. The van der Waals surface area contributed by atoms with Crippen molar-refractivity contribution in [1.29, 1.82) is 0 Å². The third-order valence-corrected chi connectivity index (χ3v) is 1.24. The molecule has 1 heterocycles. The SMILES string of the molecule is CCOC(=O)[n+]1cccc(F)c1.[Cl-].